The van der Waals surface area contributed by atoms with Crippen LogP contribution >= 0.6 is 34.0 Å². The van der Waals surface area contributed by atoms with Gasteiger partial charge in [-0.1, -0.05) is 43.2 Å². The Hall–Kier alpha value is -4.61. The third-order valence-corrected chi connectivity index (χ3v) is 17.8. The Balaban J connectivity index is 0.000000146. The Kier molecular flexibility index (Phi) is 10.2. The molecule has 0 spiro atoms. The van der Waals surface area contributed by atoms with E-state index in [2.05, 4.69) is 44.6 Å². The molecule has 2 aliphatic carbocycles. The van der Waals surface area contributed by atoms with Crippen molar-refractivity contribution >= 4 is 87.4 Å². The summed E-state index contributed by atoms with van der Waals surface area (Å²) in [5, 5.41) is 12.8. The summed E-state index contributed by atoms with van der Waals surface area (Å²) in [6.07, 6.45) is 15.6. The van der Waals surface area contributed by atoms with E-state index in [1.807, 2.05) is 67.9 Å². The zero-order valence-electron chi connectivity index (χ0n) is 31.0. The summed E-state index contributed by atoms with van der Waals surface area (Å²) >= 11 is 4.58. The first-order chi connectivity index (χ1) is 27.3. The van der Waals surface area contributed by atoms with E-state index in [1.165, 1.54) is 29.1 Å². The number of anilines is 2. The highest BCUT2D eigenvalue weighted by Gasteiger charge is 2.31. The molecule has 0 aliphatic heterocycles. The molecule has 2 unspecified atom stereocenters. The molecule has 11 nitrogen and oxygen atoms in total. The average molecular weight is 838 g/mol. The first-order valence-corrected chi connectivity index (χ1v) is 23.3. The average Bonchev–Trinajstić information content (AvgIpc) is 4.01. The number of imidazole rings is 1. The van der Waals surface area contributed by atoms with Gasteiger partial charge in [-0.05, 0) is 48.9 Å². The number of nitrogens with two attached hydrogens (primary N) is 1. The summed E-state index contributed by atoms with van der Waals surface area (Å²) in [6, 6.07) is 14.3. The van der Waals surface area contributed by atoms with Crippen LogP contribution in [-0.4, -0.2) is 60.2 Å². The van der Waals surface area contributed by atoms with Crippen LogP contribution in [0.4, 0.5) is 11.4 Å². The molecule has 0 amide bonds. The van der Waals surface area contributed by atoms with Gasteiger partial charge in [0.1, 0.15) is 28.8 Å². The molecule has 0 saturated heterocycles. The molecule has 0 radical (unpaired) electrons. The normalized spacial score (nSPS) is 15.6. The minimum Gasteiger partial charge on any atom is -0.396 e. The number of nitrogens with zero attached hydrogens (tertiary/aromatic N) is 7. The lowest BCUT2D eigenvalue weighted by atomic mass is 10.00. The second-order valence-corrected chi connectivity index (χ2v) is 20.7. The lowest BCUT2D eigenvalue weighted by Crippen LogP contribution is -2.23. The molecule has 2 atom stereocenters. The molecular weight excluding hydrogens is 799 g/mol. The summed E-state index contributed by atoms with van der Waals surface area (Å²) < 4.78 is 31.6. The van der Waals surface area contributed by atoms with E-state index in [0.717, 1.165) is 111 Å². The Labute approximate surface area is 341 Å². The number of benzene rings is 1. The van der Waals surface area contributed by atoms with Crippen LogP contribution in [0, 0.1) is 0 Å². The third-order valence-electron chi connectivity index (χ3n) is 10.4. The minimum atomic E-state index is -1.06. The first kappa shape index (κ1) is 37.0. The molecule has 286 valence electrons. The Morgan fingerprint density at radius 2 is 1.52 bits per heavy atom. The van der Waals surface area contributed by atoms with Crippen molar-refractivity contribution in [2.45, 2.75) is 57.4 Å². The van der Waals surface area contributed by atoms with Gasteiger partial charge in [-0.2, -0.15) is 5.10 Å². The second kappa shape index (κ2) is 15.4. The minimum absolute atomic E-state index is 0.230. The summed E-state index contributed by atoms with van der Waals surface area (Å²) in [5.41, 5.74) is 14.9. The molecule has 1 aromatic carbocycles. The van der Waals surface area contributed by atoms with E-state index < -0.39 is 21.6 Å². The van der Waals surface area contributed by atoms with Gasteiger partial charge in [-0.25, -0.2) is 19.9 Å². The lowest BCUT2D eigenvalue weighted by molar-refractivity contribution is 0.505. The molecule has 3 N–H and O–H groups in total. The SMILES string of the molecule is CNc1c(S(=O)C2CCC2)sc2nc(-c3nccs3)cc(-c3cncn3C)c12.Cn1cc(-c2cc(-c3ccccc3)c3c(N)c(S(=O)C4CCC4)sc3n2)cn1. The maximum atomic E-state index is 13.2. The number of rotatable bonds is 9. The quantitative estimate of drug-likeness (QED) is 0.145. The number of aryl methyl sites for hydroxylation is 2. The van der Waals surface area contributed by atoms with Crippen molar-refractivity contribution in [2.24, 2.45) is 14.1 Å². The van der Waals surface area contributed by atoms with Gasteiger partial charge in [0.25, 0.3) is 0 Å². The van der Waals surface area contributed by atoms with E-state index in [9.17, 15) is 8.42 Å². The fourth-order valence-corrected chi connectivity index (χ4v) is 14.2. The van der Waals surface area contributed by atoms with Gasteiger partial charge in [0.2, 0.25) is 0 Å². The van der Waals surface area contributed by atoms with Gasteiger partial charge >= 0.3 is 0 Å². The van der Waals surface area contributed by atoms with Crippen LogP contribution in [0.3, 0.4) is 0 Å². The van der Waals surface area contributed by atoms with Crippen LogP contribution in [-0.2, 0) is 35.7 Å². The highest BCUT2D eigenvalue weighted by atomic mass is 32.2. The molecule has 56 heavy (non-hydrogen) atoms. The summed E-state index contributed by atoms with van der Waals surface area (Å²) in [6.45, 7) is 0. The molecule has 7 heterocycles. The molecule has 10 rings (SSSR count). The van der Waals surface area contributed by atoms with Crippen LogP contribution in [0.5, 0.6) is 0 Å². The first-order valence-electron chi connectivity index (χ1n) is 18.4. The van der Waals surface area contributed by atoms with Crippen molar-refractivity contribution in [3.05, 3.63) is 79.0 Å². The Bertz CT molecular complexity index is 2740. The number of hydrogen-bond acceptors (Lipinski definition) is 12. The van der Waals surface area contributed by atoms with Gasteiger partial charge < -0.3 is 15.6 Å². The van der Waals surface area contributed by atoms with Crippen molar-refractivity contribution in [2.75, 3.05) is 18.1 Å². The zero-order chi connectivity index (χ0) is 38.5. The topological polar surface area (TPSA) is 146 Å². The summed E-state index contributed by atoms with van der Waals surface area (Å²) in [5.74, 6) is 0. The van der Waals surface area contributed by atoms with Gasteiger partial charge in [0.05, 0.1) is 63.1 Å². The van der Waals surface area contributed by atoms with Gasteiger partial charge in [-0.3, -0.25) is 13.1 Å². The van der Waals surface area contributed by atoms with Crippen LogP contribution in [0.15, 0.2) is 87.4 Å². The maximum Gasteiger partial charge on any atom is 0.141 e. The summed E-state index contributed by atoms with van der Waals surface area (Å²) in [7, 11) is 3.70. The van der Waals surface area contributed by atoms with Crippen LogP contribution in [0.1, 0.15) is 38.5 Å². The van der Waals surface area contributed by atoms with E-state index >= 15 is 0 Å². The fourth-order valence-electron chi connectivity index (χ4n) is 6.99. The van der Waals surface area contributed by atoms with Crippen molar-refractivity contribution in [1.29, 1.82) is 0 Å². The van der Waals surface area contributed by atoms with E-state index in [1.54, 1.807) is 28.5 Å². The number of nitrogens with one attached hydrogen (secondary N) is 1. The Morgan fingerprint density at radius 1 is 0.839 bits per heavy atom. The van der Waals surface area contributed by atoms with Gasteiger partial charge in [0, 0.05) is 71.3 Å². The lowest BCUT2D eigenvalue weighted by Gasteiger charge is -2.24. The van der Waals surface area contributed by atoms with Gasteiger partial charge in [0.15, 0.2) is 0 Å². The van der Waals surface area contributed by atoms with Gasteiger partial charge in [-0.15, -0.1) is 34.0 Å². The molecule has 7 aromatic heterocycles. The van der Waals surface area contributed by atoms with Crippen LogP contribution < -0.4 is 11.1 Å². The fraction of sp³-hybridized carbons (Fsp3) is 0.275. The van der Waals surface area contributed by atoms with Crippen molar-refractivity contribution < 1.29 is 8.42 Å². The zero-order valence-corrected chi connectivity index (χ0v) is 35.1. The standard InChI is InChI=1S/C21H20N4OS2.C19H19N5OS3/c1-25-12-14(11-23-25)17-10-16(13-6-3-2-4-7-13)18-19(22)21(27-20(18)24-17)28(26)15-8-5-9-15;1-20-16-15-12(14-9-21-10-24(14)2)8-13(17-22-6-7-26-17)23-18(15)27-19(16)28(25)11-4-3-5-11/h2-4,6-7,10-12,15H,5,8-9,22H2,1H3;6-11,20H,3-5H2,1-2H3. The molecule has 2 saturated carbocycles. The molecule has 2 aliphatic rings. The number of nitrogen functional groups attached to an aromatic ring is 1. The van der Waals surface area contributed by atoms with E-state index in [4.69, 9.17) is 15.7 Å². The van der Waals surface area contributed by atoms with E-state index in [-0.39, 0.29) is 10.5 Å². The van der Waals surface area contributed by atoms with Crippen molar-refractivity contribution in [1.82, 2.24) is 34.3 Å². The van der Waals surface area contributed by atoms with Crippen LogP contribution in [0.25, 0.3) is 64.8 Å². The largest absolute Gasteiger partial charge is 0.396 e. The predicted octanol–water partition coefficient (Wildman–Crippen LogP) is 9.13. The number of fused-ring (bicyclic) bond motifs is 2. The highest BCUT2D eigenvalue weighted by molar-refractivity contribution is 7.88. The molecule has 8 aromatic rings. The number of hydrogen-bond donors (Lipinski definition) is 2. The van der Waals surface area contributed by atoms with Crippen molar-refractivity contribution in [3.8, 4) is 44.3 Å². The predicted molar refractivity (Wildman–Crippen MR) is 232 cm³/mol. The van der Waals surface area contributed by atoms with Crippen molar-refractivity contribution in [3.63, 3.8) is 0 Å². The maximum absolute atomic E-state index is 13.2. The van der Waals surface area contributed by atoms with E-state index in [0.29, 0.717) is 5.69 Å². The molecular formula is C40H39N9O2S5. The molecule has 2 fully saturated rings. The Morgan fingerprint density at radius 3 is 2.12 bits per heavy atom. The number of pyridine rings is 2. The highest BCUT2D eigenvalue weighted by Crippen LogP contribution is 2.47. The summed E-state index contributed by atoms with van der Waals surface area (Å²) in [4.78, 5) is 20.2. The number of thiophene rings is 2. The monoisotopic (exact) mass is 837 g/mol. The second-order valence-electron chi connectivity index (χ2n) is 14.0. The van der Waals surface area contributed by atoms with Crippen LogP contribution in [0.2, 0.25) is 0 Å². The molecule has 0 bridgehead atoms. The number of aromatic nitrogens is 7. The third kappa shape index (κ3) is 6.70. The molecule has 16 heteroatoms. The number of thiazole rings is 1. The smallest absolute Gasteiger partial charge is 0.141 e.